The van der Waals surface area contributed by atoms with Crippen molar-refractivity contribution in [1.82, 2.24) is 0 Å². The van der Waals surface area contributed by atoms with Crippen molar-refractivity contribution in [1.29, 1.82) is 0 Å². The van der Waals surface area contributed by atoms with E-state index in [4.69, 9.17) is 14.2 Å². The average Bonchev–Trinajstić information content (AvgIpc) is 3.22. The smallest absolute Gasteiger partial charge is 0.306 e. The molecule has 0 rings (SSSR count). The number of unbranched alkanes of at least 4 members (excludes halogenated alkanes) is 34. The van der Waals surface area contributed by atoms with Gasteiger partial charge in [-0.15, -0.1) is 0 Å². The molecule has 0 spiro atoms. The van der Waals surface area contributed by atoms with Crippen LogP contribution in [0.1, 0.15) is 284 Å². The fraction of sp³-hybridized carbons (Fsp3) is 0.904. The number of rotatable bonds is 47. The summed E-state index contributed by atoms with van der Waals surface area (Å²) >= 11 is 0. The molecule has 0 aromatic carbocycles. The maximum absolute atomic E-state index is 12.8. The highest BCUT2D eigenvalue weighted by Crippen LogP contribution is 2.16. The molecule has 0 fully saturated rings. The number of hydrogen-bond donors (Lipinski definition) is 0. The van der Waals surface area contributed by atoms with Crippen molar-refractivity contribution in [2.45, 2.75) is 290 Å². The monoisotopic (exact) mass is 819 g/mol. The van der Waals surface area contributed by atoms with Crippen LogP contribution in [0, 0.1) is 0 Å². The highest BCUT2D eigenvalue weighted by Gasteiger charge is 2.19. The van der Waals surface area contributed by atoms with E-state index >= 15 is 0 Å². The minimum absolute atomic E-state index is 0.0683. The first-order chi connectivity index (χ1) is 28.5. The fourth-order valence-electron chi connectivity index (χ4n) is 7.61. The Morgan fingerprint density at radius 3 is 0.862 bits per heavy atom. The van der Waals surface area contributed by atoms with E-state index in [0.717, 1.165) is 64.2 Å². The summed E-state index contributed by atoms with van der Waals surface area (Å²) in [5.41, 5.74) is 0. The van der Waals surface area contributed by atoms with Crippen LogP contribution < -0.4 is 0 Å². The first kappa shape index (κ1) is 56.1. The highest BCUT2D eigenvalue weighted by atomic mass is 16.6. The largest absolute Gasteiger partial charge is 0.462 e. The van der Waals surface area contributed by atoms with Crippen LogP contribution in [-0.2, 0) is 28.6 Å². The van der Waals surface area contributed by atoms with Crippen LogP contribution in [0.3, 0.4) is 0 Å². The Labute approximate surface area is 360 Å². The molecule has 0 saturated carbocycles. The van der Waals surface area contributed by atoms with Crippen LogP contribution >= 0.6 is 0 Å². The van der Waals surface area contributed by atoms with Crippen molar-refractivity contribution in [3.05, 3.63) is 12.2 Å². The number of carbonyl (C=O) groups excluding carboxylic acids is 3. The van der Waals surface area contributed by atoms with Gasteiger partial charge in [-0.05, 0) is 44.9 Å². The molecule has 0 aliphatic rings. The van der Waals surface area contributed by atoms with Crippen LogP contribution in [0.15, 0.2) is 12.2 Å². The summed E-state index contributed by atoms with van der Waals surface area (Å²) in [5.74, 6) is -0.864. The van der Waals surface area contributed by atoms with E-state index in [9.17, 15) is 14.4 Å². The van der Waals surface area contributed by atoms with Gasteiger partial charge in [0.15, 0.2) is 6.10 Å². The van der Waals surface area contributed by atoms with Gasteiger partial charge in [0.2, 0.25) is 0 Å². The maximum atomic E-state index is 12.8. The first-order valence-electron chi connectivity index (χ1n) is 25.7. The Hall–Kier alpha value is -1.85. The number of ether oxygens (including phenoxy) is 3. The van der Waals surface area contributed by atoms with Gasteiger partial charge in [-0.3, -0.25) is 14.4 Å². The summed E-state index contributed by atoms with van der Waals surface area (Å²) in [4.78, 5) is 37.8. The Bertz CT molecular complexity index is 900. The Kier molecular flexibility index (Phi) is 46.3. The zero-order valence-corrected chi connectivity index (χ0v) is 39.1. The van der Waals surface area contributed by atoms with Crippen LogP contribution in [-0.4, -0.2) is 37.2 Å². The SMILES string of the molecule is CCCCCCCC/C=C\CCCCCCCC(=O)O[C@H](COC(=O)CCCCCCCCCCC)COC(=O)CCCCCCCCCCCCCCCCCC. The molecule has 0 aromatic heterocycles. The van der Waals surface area contributed by atoms with Gasteiger partial charge in [0, 0.05) is 19.3 Å². The topological polar surface area (TPSA) is 78.9 Å². The van der Waals surface area contributed by atoms with Crippen molar-refractivity contribution in [3.8, 4) is 0 Å². The van der Waals surface area contributed by atoms with E-state index < -0.39 is 6.10 Å². The van der Waals surface area contributed by atoms with Crippen molar-refractivity contribution in [2.24, 2.45) is 0 Å². The lowest BCUT2D eigenvalue weighted by molar-refractivity contribution is -0.167. The summed E-state index contributed by atoms with van der Waals surface area (Å²) in [6.07, 6.45) is 52.0. The van der Waals surface area contributed by atoms with Gasteiger partial charge in [-0.1, -0.05) is 232 Å². The molecule has 0 aliphatic heterocycles. The minimum atomic E-state index is -0.766. The standard InChI is InChI=1S/C52H98O6/c1-4-7-10-13-16-19-21-23-25-27-28-30-33-36-39-42-45-51(54)57-48-49(47-56-50(53)44-41-38-35-32-18-15-12-9-6-3)58-52(55)46-43-40-37-34-31-29-26-24-22-20-17-14-11-8-5-2/h24,26,49H,4-23,25,27-48H2,1-3H3/b26-24-/t49-/m1/s1. The molecule has 0 bridgehead atoms. The molecule has 0 aliphatic carbocycles. The molecule has 0 amide bonds. The second-order valence-corrected chi connectivity index (χ2v) is 17.4. The summed E-state index contributed by atoms with van der Waals surface area (Å²) in [5, 5.41) is 0. The summed E-state index contributed by atoms with van der Waals surface area (Å²) in [7, 11) is 0. The van der Waals surface area contributed by atoms with Gasteiger partial charge >= 0.3 is 17.9 Å². The highest BCUT2D eigenvalue weighted by molar-refractivity contribution is 5.71. The van der Waals surface area contributed by atoms with Crippen LogP contribution in [0.4, 0.5) is 0 Å². The first-order valence-corrected chi connectivity index (χ1v) is 25.7. The Balaban J connectivity index is 4.29. The second-order valence-electron chi connectivity index (χ2n) is 17.4. The number of esters is 3. The van der Waals surface area contributed by atoms with Gasteiger partial charge in [0.05, 0.1) is 0 Å². The third-order valence-electron chi connectivity index (χ3n) is 11.5. The molecule has 342 valence electrons. The van der Waals surface area contributed by atoms with Crippen molar-refractivity contribution >= 4 is 17.9 Å². The van der Waals surface area contributed by atoms with Crippen molar-refractivity contribution in [2.75, 3.05) is 13.2 Å². The van der Waals surface area contributed by atoms with E-state index in [1.807, 2.05) is 0 Å². The summed E-state index contributed by atoms with van der Waals surface area (Å²) < 4.78 is 16.8. The summed E-state index contributed by atoms with van der Waals surface area (Å²) in [6.45, 7) is 6.64. The zero-order valence-electron chi connectivity index (χ0n) is 39.1. The van der Waals surface area contributed by atoms with Crippen LogP contribution in [0.2, 0.25) is 0 Å². The van der Waals surface area contributed by atoms with Gasteiger partial charge in [-0.2, -0.15) is 0 Å². The van der Waals surface area contributed by atoms with Crippen LogP contribution in [0.5, 0.6) is 0 Å². The third kappa shape index (κ3) is 45.2. The van der Waals surface area contributed by atoms with Crippen molar-refractivity contribution < 1.29 is 28.6 Å². The van der Waals surface area contributed by atoms with Crippen LogP contribution in [0.25, 0.3) is 0 Å². The fourth-order valence-corrected chi connectivity index (χ4v) is 7.61. The van der Waals surface area contributed by atoms with Gasteiger partial charge in [0.1, 0.15) is 13.2 Å². The van der Waals surface area contributed by atoms with E-state index in [1.165, 1.54) is 180 Å². The Morgan fingerprint density at radius 1 is 0.328 bits per heavy atom. The van der Waals surface area contributed by atoms with Gasteiger partial charge < -0.3 is 14.2 Å². The maximum Gasteiger partial charge on any atom is 0.306 e. The second kappa shape index (κ2) is 47.8. The molecule has 6 nitrogen and oxygen atoms in total. The number of carbonyl (C=O) groups is 3. The average molecular weight is 819 g/mol. The zero-order chi connectivity index (χ0) is 42.3. The summed E-state index contributed by atoms with van der Waals surface area (Å²) in [6, 6.07) is 0. The van der Waals surface area contributed by atoms with E-state index in [2.05, 4.69) is 32.9 Å². The lowest BCUT2D eigenvalue weighted by Crippen LogP contribution is -2.30. The molecule has 0 unspecified atom stereocenters. The predicted molar refractivity (Wildman–Crippen MR) is 247 cm³/mol. The molecule has 6 heteroatoms. The minimum Gasteiger partial charge on any atom is -0.462 e. The van der Waals surface area contributed by atoms with Gasteiger partial charge in [-0.25, -0.2) is 0 Å². The lowest BCUT2D eigenvalue weighted by atomic mass is 10.0. The molecular weight excluding hydrogens is 721 g/mol. The number of allylic oxidation sites excluding steroid dienone is 2. The predicted octanol–water partition coefficient (Wildman–Crippen LogP) is 16.6. The quantitative estimate of drug-likeness (QED) is 0.0263. The lowest BCUT2D eigenvalue weighted by Gasteiger charge is -2.18. The third-order valence-corrected chi connectivity index (χ3v) is 11.5. The Morgan fingerprint density at radius 2 is 0.569 bits per heavy atom. The molecule has 0 heterocycles. The molecule has 0 N–H and O–H groups in total. The van der Waals surface area contributed by atoms with Crippen molar-refractivity contribution in [3.63, 3.8) is 0 Å². The molecule has 58 heavy (non-hydrogen) atoms. The van der Waals surface area contributed by atoms with E-state index in [1.54, 1.807) is 0 Å². The molecular formula is C52H98O6. The normalized spacial score (nSPS) is 12.0. The van der Waals surface area contributed by atoms with E-state index in [-0.39, 0.29) is 31.1 Å². The number of hydrogen-bond acceptors (Lipinski definition) is 6. The van der Waals surface area contributed by atoms with E-state index in [0.29, 0.717) is 19.3 Å². The molecule has 0 saturated heterocycles. The molecule has 0 aromatic rings. The van der Waals surface area contributed by atoms with Gasteiger partial charge in [0.25, 0.3) is 0 Å². The molecule has 1 atom stereocenters. The molecule has 0 radical (unpaired) electrons.